The Hall–Kier alpha value is -1.10. The van der Waals surface area contributed by atoms with Crippen molar-refractivity contribution in [3.8, 4) is 0 Å². The SMILES string of the molecule is CCCCCCCCCCC[C@@H](O)C[C@H](OC(C)=O)[C@H](CCCCCC)C(=O)OCC. The van der Waals surface area contributed by atoms with E-state index < -0.39 is 24.1 Å². The van der Waals surface area contributed by atoms with Crippen molar-refractivity contribution in [3.05, 3.63) is 0 Å². The van der Waals surface area contributed by atoms with Gasteiger partial charge in [-0.25, -0.2) is 0 Å². The summed E-state index contributed by atoms with van der Waals surface area (Å²) in [6, 6.07) is 0. The number of aliphatic hydroxyl groups is 1. The number of carbonyl (C=O) groups is 2. The van der Waals surface area contributed by atoms with E-state index >= 15 is 0 Å². The van der Waals surface area contributed by atoms with E-state index in [2.05, 4.69) is 13.8 Å². The zero-order chi connectivity index (χ0) is 23.3. The van der Waals surface area contributed by atoms with E-state index in [1.165, 1.54) is 51.9 Å². The van der Waals surface area contributed by atoms with Crippen LogP contribution in [-0.2, 0) is 19.1 Å². The molecule has 0 aromatic heterocycles. The molecule has 0 rings (SSSR count). The molecule has 0 saturated heterocycles. The Morgan fingerprint density at radius 1 is 0.742 bits per heavy atom. The Morgan fingerprint density at radius 3 is 1.74 bits per heavy atom. The van der Waals surface area contributed by atoms with Crippen LogP contribution < -0.4 is 0 Å². The van der Waals surface area contributed by atoms with Crippen molar-refractivity contribution >= 4 is 11.9 Å². The molecule has 31 heavy (non-hydrogen) atoms. The maximum Gasteiger partial charge on any atom is 0.312 e. The van der Waals surface area contributed by atoms with Crippen LogP contribution in [0.3, 0.4) is 0 Å². The second-order valence-corrected chi connectivity index (χ2v) is 8.86. The maximum atomic E-state index is 12.5. The number of carbonyl (C=O) groups excluding carboxylic acids is 2. The molecule has 0 aliphatic rings. The van der Waals surface area contributed by atoms with Crippen LogP contribution in [-0.4, -0.2) is 35.9 Å². The average molecular weight is 443 g/mol. The maximum absolute atomic E-state index is 12.5. The van der Waals surface area contributed by atoms with Crippen LogP contribution in [0.2, 0.25) is 0 Å². The molecule has 184 valence electrons. The molecular formula is C26H50O5. The second-order valence-electron chi connectivity index (χ2n) is 8.86. The number of hydrogen-bond donors (Lipinski definition) is 1. The van der Waals surface area contributed by atoms with Gasteiger partial charge in [-0.1, -0.05) is 97.3 Å². The van der Waals surface area contributed by atoms with Crippen molar-refractivity contribution in [2.45, 2.75) is 143 Å². The lowest BCUT2D eigenvalue weighted by Crippen LogP contribution is -2.36. The van der Waals surface area contributed by atoms with Gasteiger partial charge in [-0.3, -0.25) is 9.59 Å². The Morgan fingerprint density at radius 2 is 1.23 bits per heavy atom. The molecule has 0 aliphatic heterocycles. The van der Waals surface area contributed by atoms with E-state index in [9.17, 15) is 14.7 Å². The molecule has 0 aromatic carbocycles. The molecule has 5 nitrogen and oxygen atoms in total. The van der Waals surface area contributed by atoms with E-state index in [0.717, 1.165) is 38.5 Å². The highest BCUT2D eigenvalue weighted by Gasteiger charge is 2.33. The zero-order valence-corrected chi connectivity index (χ0v) is 20.8. The largest absolute Gasteiger partial charge is 0.466 e. The molecular weight excluding hydrogens is 392 g/mol. The molecule has 0 bridgehead atoms. The van der Waals surface area contributed by atoms with Gasteiger partial charge in [0, 0.05) is 13.3 Å². The van der Waals surface area contributed by atoms with Gasteiger partial charge in [-0.15, -0.1) is 0 Å². The van der Waals surface area contributed by atoms with E-state index in [1.807, 2.05) is 0 Å². The molecule has 0 unspecified atom stereocenters. The van der Waals surface area contributed by atoms with Crippen LogP contribution in [0.1, 0.15) is 130 Å². The summed E-state index contributed by atoms with van der Waals surface area (Å²) in [6.45, 7) is 7.83. The number of aliphatic hydroxyl groups excluding tert-OH is 1. The third-order valence-corrected chi connectivity index (χ3v) is 5.87. The smallest absolute Gasteiger partial charge is 0.312 e. The summed E-state index contributed by atoms with van der Waals surface area (Å²) < 4.78 is 10.8. The van der Waals surface area contributed by atoms with Crippen molar-refractivity contribution in [2.75, 3.05) is 6.61 Å². The molecule has 0 aliphatic carbocycles. The predicted molar refractivity (Wildman–Crippen MR) is 127 cm³/mol. The lowest BCUT2D eigenvalue weighted by atomic mass is 9.90. The summed E-state index contributed by atoms with van der Waals surface area (Å²) in [7, 11) is 0. The number of esters is 2. The van der Waals surface area contributed by atoms with Gasteiger partial charge >= 0.3 is 11.9 Å². The van der Waals surface area contributed by atoms with E-state index in [1.54, 1.807) is 6.92 Å². The summed E-state index contributed by atoms with van der Waals surface area (Å²) in [5.74, 6) is -1.23. The van der Waals surface area contributed by atoms with Crippen molar-refractivity contribution < 1.29 is 24.2 Å². The monoisotopic (exact) mass is 442 g/mol. The minimum atomic E-state index is -0.619. The van der Waals surface area contributed by atoms with E-state index in [-0.39, 0.29) is 5.97 Å². The topological polar surface area (TPSA) is 72.8 Å². The second kappa shape index (κ2) is 20.8. The lowest BCUT2D eigenvalue weighted by Gasteiger charge is -2.27. The summed E-state index contributed by atoms with van der Waals surface area (Å²) in [4.78, 5) is 24.2. The van der Waals surface area contributed by atoms with Crippen molar-refractivity contribution in [3.63, 3.8) is 0 Å². The van der Waals surface area contributed by atoms with Crippen molar-refractivity contribution in [1.82, 2.24) is 0 Å². The third kappa shape index (κ3) is 17.2. The molecule has 0 aromatic rings. The van der Waals surface area contributed by atoms with E-state index in [4.69, 9.17) is 9.47 Å². The van der Waals surface area contributed by atoms with Gasteiger partial charge in [0.1, 0.15) is 6.10 Å². The van der Waals surface area contributed by atoms with Crippen molar-refractivity contribution in [2.24, 2.45) is 5.92 Å². The Kier molecular flexibility index (Phi) is 20.0. The summed E-state index contributed by atoms with van der Waals surface area (Å²) in [5.41, 5.74) is 0. The van der Waals surface area contributed by atoms with Crippen LogP contribution in [0.25, 0.3) is 0 Å². The first kappa shape index (κ1) is 29.9. The number of rotatable bonds is 21. The zero-order valence-electron chi connectivity index (χ0n) is 20.8. The fourth-order valence-electron chi connectivity index (χ4n) is 4.08. The first-order chi connectivity index (χ1) is 15.0. The average Bonchev–Trinajstić information content (AvgIpc) is 2.72. The molecule has 0 fully saturated rings. The normalized spacial score (nSPS) is 14.1. The molecule has 0 saturated carbocycles. The lowest BCUT2D eigenvalue weighted by molar-refractivity contribution is -0.162. The molecule has 0 spiro atoms. The van der Waals surface area contributed by atoms with E-state index in [0.29, 0.717) is 25.9 Å². The molecule has 5 heteroatoms. The van der Waals surface area contributed by atoms with Gasteiger partial charge < -0.3 is 14.6 Å². The highest BCUT2D eigenvalue weighted by Crippen LogP contribution is 2.24. The number of hydrogen-bond acceptors (Lipinski definition) is 5. The quantitative estimate of drug-likeness (QED) is 0.157. The standard InChI is InChI=1S/C26H50O5/c1-5-8-10-12-13-14-15-16-17-19-23(28)21-25(31-22(4)27)24(26(29)30-7-3)20-18-11-9-6-2/h23-25,28H,5-21H2,1-4H3/t23-,24+,25+/m1/s1. The van der Waals surface area contributed by atoms with Gasteiger partial charge in [0.05, 0.1) is 18.6 Å². The Balaban J connectivity index is 4.51. The van der Waals surface area contributed by atoms with Crippen molar-refractivity contribution in [1.29, 1.82) is 0 Å². The minimum absolute atomic E-state index is 0.299. The van der Waals surface area contributed by atoms with Crippen LogP contribution >= 0.6 is 0 Å². The van der Waals surface area contributed by atoms with Gasteiger partial charge in [0.25, 0.3) is 0 Å². The van der Waals surface area contributed by atoms with Crippen LogP contribution in [0.15, 0.2) is 0 Å². The first-order valence-electron chi connectivity index (χ1n) is 13.0. The fraction of sp³-hybridized carbons (Fsp3) is 0.923. The molecule has 1 N–H and O–H groups in total. The van der Waals surface area contributed by atoms with Crippen LogP contribution in [0.4, 0.5) is 0 Å². The number of unbranched alkanes of at least 4 members (excludes halogenated alkanes) is 11. The highest BCUT2D eigenvalue weighted by atomic mass is 16.6. The Bertz CT molecular complexity index is 438. The summed E-state index contributed by atoms with van der Waals surface area (Å²) >= 11 is 0. The van der Waals surface area contributed by atoms with Gasteiger partial charge in [-0.2, -0.15) is 0 Å². The van der Waals surface area contributed by atoms with Gasteiger partial charge in [0.15, 0.2) is 0 Å². The Labute approximate surface area is 191 Å². The highest BCUT2D eigenvalue weighted by molar-refractivity contribution is 5.74. The molecule has 0 radical (unpaired) electrons. The van der Waals surface area contributed by atoms with Gasteiger partial charge in [0.2, 0.25) is 0 Å². The molecule has 0 amide bonds. The minimum Gasteiger partial charge on any atom is -0.466 e. The number of ether oxygens (including phenoxy) is 2. The van der Waals surface area contributed by atoms with Crippen LogP contribution in [0.5, 0.6) is 0 Å². The molecule has 3 atom stereocenters. The first-order valence-corrected chi connectivity index (χ1v) is 13.0. The predicted octanol–water partition coefficient (Wildman–Crippen LogP) is 6.74. The summed E-state index contributed by atoms with van der Waals surface area (Å²) in [6.07, 6.45) is 15.7. The van der Waals surface area contributed by atoms with Gasteiger partial charge in [-0.05, 0) is 19.8 Å². The van der Waals surface area contributed by atoms with Crippen LogP contribution in [0, 0.1) is 5.92 Å². The third-order valence-electron chi connectivity index (χ3n) is 5.87. The summed E-state index contributed by atoms with van der Waals surface area (Å²) in [5, 5.41) is 10.6. The molecule has 0 heterocycles. The fourth-order valence-corrected chi connectivity index (χ4v) is 4.08.